The maximum atomic E-state index is 13.2. The number of amides is 3. The third-order valence-electron chi connectivity index (χ3n) is 6.97. The van der Waals surface area contributed by atoms with Gasteiger partial charge in [-0.15, -0.1) is 0 Å². The summed E-state index contributed by atoms with van der Waals surface area (Å²) in [4.78, 5) is 57.9. The van der Waals surface area contributed by atoms with Gasteiger partial charge in [-0.25, -0.2) is 0 Å². The lowest BCUT2D eigenvalue weighted by Crippen LogP contribution is -2.52. The summed E-state index contributed by atoms with van der Waals surface area (Å²) in [5, 5.41) is 11.9. The van der Waals surface area contributed by atoms with Crippen LogP contribution < -0.4 is 16.0 Å². The Morgan fingerprint density at radius 2 is 1.78 bits per heavy atom. The topological polar surface area (TPSA) is 168 Å². The van der Waals surface area contributed by atoms with Gasteiger partial charge in [0.2, 0.25) is 11.8 Å². The van der Waals surface area contributed by atoms with Crippen molar-refractivity contribution in [3.8, 4) is 0 Å². The number of aromatic nitrogens is 2. The number of nitrogens with one attached hydrogen (secondary N) is 3. The molecular weight excluding hydrogens is 532 g/mol. The predicted molar refractivity (Wildman–Crippen MR) is 146 cm³/mol. The van der Waals surface area contributed by atoms with Crippen molar-refractivity contribution in [2.45, 2.75) is 57.8 Å². The summed E-state index contributed by atoms with van der Waals surface area (Å²) in [6, 6.07) is 3.29. The quantitative estimate of drug-likeness (QED) is 0.268. The van der Waals surface area contributed by atoms with Crippen molar-refractivity contribution < 1.29 is 33.2 Å². The molecule has 13 heteroatoms. The Hall–Kier alpha value is -3.68. The fourth-order valence-corrected chi connectivity index (χ4v) is 4.53. The van der Waals surface area contributed by atoms with Crippen LogP contribution >= 0.6 is 0 Å². The number of Topliss-reactive ketones (excluding diaryl/α,β-unsaturated/α-hetero) is 1. The third-order valence-corrected chi connectivity index (χ3v) is 6.97. The lowest BCUT2D eigenvalue weighted by Gasteiger charge is -2.25. The Morgan fingerprint density at radius 3 is 2.44 bits per heavy atom. The van der Waals surface area contributed by atoms with E-state index in [1.807, 2.05) is 13.8 Å². The van der Waals surface area contributed by atoms with E-state index >= 15 is 0 Å². The zero-order valence-electron chi connectivity index (χ0n) is 23.7. The lowest BCUT2D eigenvalue weighted by molar-refractivity contribution is -0.131. The second-order valence-corrected chi connectivity index (χ2v) is 11.0. The average molecular weight is 571 g/mol. The predicted octanol–water partition coefficient (Wildman–Crippen LogP) is 0.248. The Morgan fingerprint density at radius 1 is 1.07 bits per heavy atom. The van der Waals surface area contributed by atoms with Crippen LogP contribution in [0.1, 0.15) is 49.0 Å². The first kappa shape index (κ1) is 30.3. The Bertz CT molecular complexity index is 1210. The minimum atomic E-state index is -1.01. The average Bonchev–Trinajstić information content (AvgIpc) is 3.54. The highest BCUT2D eigenvalue weighted by molar-refractivity contribution is 5.98. The maximum absolute atomic E-state index is 13.2. The van der Waals surface area contributed by atoms with Gasteiger partial charge in [0.15, 0.2) is 17.2 Å². The second kappa shape index (κ2) is 13.8. The van der Waals surface area contributed by atoms with Gasteiger partial charge < -0.3 is 29.9 Å². The molecule has 2 saturated heterocycles. The van der Waals surface area contributed by atoms with E-state index < -0.39 is 35.4 Å². The Balaban J connectivity index is 1.36. The van der Waals surface area contributed by atoms with Gasteiger partial charge in [0.1, 0.15) is 11.6 Å². The standard InChI is InChI=1S/C28H38N6O7/c1-18(2)12-21(25(36)28(3)17-40-28)31-24(35)15-30-26(37)22(13-19-4-6-29-7-5-19)32-27(38)23-14-20(41-33-23)16-34-8-10-39-11-9-34/h4-7,14,18,21-22H,8-13,15-17H2,1-3H3,(H,30,37)(H,31,35)(H,32,38)/t21-,22-,28+/m0/s1. The summed E-state index contributed by atoms with van der Waals surface area (Å²) in [5.41, 5.74) is -0.0678. The molecule has 0 spiro atoms. The number of hydrogen-bond acceptors (Lipinski definition) is 10. The molecule has 2 aromatic rings. The number of rotatable bonds is 14. The van der Waals surface area contributed by atoms with E-state index in [2.05, 4.69) is 31.0 Å². The van der Waals surface area contributed by atoms with Crippen LogP contribution in [0.25, 0.3) is 0 Å². The molecule has 0 aliphatic carbocycles. The zero-order valence-corrected chi connectivity index (χ0v) is 23.7. The van der Waals surface area contributed by atoms with E-state index in [9.17, 15) is 19.2 Å². The van der Waals surface area contributed by atoms with E-state index in [4.69, 9.17) is 14.0 Å². The van der Waals surface area contributed by atoms with Gasteiger partial charge in [-0.2, -0.15) is 0 Å². The molecule has 2 fully saturated rings. The van der Waals surface area contributed by atoms with Crippen LogP contribution in [0, 0.1) is 5.92 Å². The number of nitrogens with zero attached hydrogens (tertiary/aromatic N) is 3. The molecule has 2 aromatic heterocycles. The SMILES string of the molecule is CC(C)C[C@H](NC(=O)CNC(=O)[C@H](Cc1ccncc1)NC(=O)c1cc(CN2CCOCC2)on1)C(=O)[C@@]1(C)CO1. The number of pyridine rings is 1. The smallest absolute Gasteiger partial charge is 0.274 e. The summed E-state index contributed by atoms with van der Waals surface area (Å²) >= 11 is 0. The van der Waals surface area contributed by atoms with Gasteiger partial charge in [0, 0.05) is 38.0 Å². The van der Waals surface area contributed by atoms with Crippen LogP contribution in [0.4, 0.5) is 0 Å². The van der Waals surface area contributed by atoms with Gasteiger partial charge in [-0.05, 0) is 37.0 Å². The van der Waals surface area contributed by atoms with Crippen LogP contribution in [0.3, 0.4) is 0 Å². The molecule has 4 rings (SSSR count). The normalized spacial score (nSPS) is 20.2. The molecule has 222 valence electrons. The number of carbonyl (C=O) groups is 4. The lowest BCUT2D eigenvalue weighted by atomic mass is 9.93. The molecule has 41 heavy (non-hydrogen) atoms. The van der Waals surface area contributed by atoms with Crippen LogP contribution in [-0.2, 0) is 36.8 Å². The number of morpholine rings is 1. The summed E-state index contributed by atoms with van der Waals surface area (Å²) in [7, 11) is 0. The van der Waals surface area contributed by atoms with Crippen LogP contribution in [-0.4, -0.2) is 95.7 Å². The van der Waals surface area contributed by atoms with E-state index in [1.165, 1.54) is 0 Å². The van der Waals surface area contributed by atoms with Gasteiger partial charge in [-0.1, -0.05) is 19.0 Å². The van der Waals surface area contributed by atoms with Gasteiger partial charge in [0.05, 0.1) is 39.0 Å². The first-order valence-corrected chi connectivity index (χ1v) is 13.8. The number of ether oxygens (including phenoxy) is 2. The Kier molecular flexibility index (Phi) is 10.2. The fraction of sp³-hybridized carbons (Fsp3) is 0.571. The molecule has 2 aliphatic rings. The molecule has 0 radical (unpaired) electrons. The number of epoxide rings is 1. The van der Waals surface area contributed by atoms with Gasteiger partial charge in [-0.3, -0.25) is 29.1 Å². The van der Waals surface area contributed by atoms with E-state index in [-0.39, 0.29) is 30.4 Å². The zero-order chi connectivity index (χ0) is 29.4. The second-order valence-electron chi connectivity index (χ2n) is 11.0. The fourth-order valence-electron chi connectivity index (χ4n) is 4.53. The Labute approximate surface area is 238 Å². The summed E-state index contributed by atoms with van der Waals surface area (Å²) in [6.07, 6.45) is 3.78. The number of hydrogen-bond donors (Lipinski definition) is 3. The van der Waals surface area contributed by atoms with Crippen molar-refractivity contribution in [1.29, 1.82) is 0 Å². The van der Waals surface area contributed by atoms with E-state index in [0.29, 0.717) is 38.5 Å². The highest BCUT2D eigenvalue weighted by atomic mass is 16.6. The van der Waals surface area contributed by atoms with Crippen molar-refractivity contribution in [3.05, 3.63) is 47.6 Å². The van der Waals surface area contributed by atoms with Crippen molar-refractivity contribution >= 4 is 23.5 Å². The number of carbonyl (C=O) groups excluding carboxylic acids is 4. The summed E-state index contributed by atoms with van der Waals surface area (Å²) < 4.78 is 16.0. The molecule has 2 aliphatic heterocycles. The van der Waals surface area contributed by atoms with Crippen LogP contribution in [0.5, 0.6) is 0 Å². The first-order valence-electron chi connectivity index (χ1n) is 13.8. The monoisotopic (exact) mass is 570 g/mol. The van der Waals surface area contributed by atoms with Gasteiger partial charge in [0.25, 0.3) is 5.91 Å². The summed E-state index contributed by atoms with van der Waals surface area (Å²) in [6.45, 7) is 8.83. The molecule has 0 saturated carbocycles. The van der Waals surface area contributed by atoms with Crippen molar-refractivity contribution in [2.24, 2.45) is 5.92 Å². The molecular formula is C28H38N6O7. The highest BCUT2D eigenvalue weighted by Gasteiger charge is 2.50. The molecule has 0 aromatic carbocycles. The van der Waals surface area contributed by atoms with E-state index in [0.717, 1.165) is 18.7 Å². The van der Waals surface area contributed by atoms with Crippen LogP contribution in [0.2, 0.25) is 0 Å². The largest absolute Gasteiger partial charge is 0.379 e. The molecule has 4 heterocycles. The first-order chi connectivity index (χ1) is 19.6. The van der Waals surface area contributed by atoms with E-state index in [1.54, 1.807) is 37.5 Å². The van der Waals surface area contributed by atoms with Gasteiger partial charge >= 0.3 is 0 Å². The molecule has 0 bridgehead atoms. The molecule has 3 amide bonds. The van der Waals surface area contributed by atoms with Crippen molar-refractivity contribution in [1.82, 2.24) is 31.0 Å². The molecule has 13 nitrogen and oxygen atoms in total. The van der Waals surface area contributed by atoms with Crippen molar-refractivity contribution in [2.75, 3.05) is 39.5 Å². The highest BCUT2D eigenvalue weighted by Crippen LogP contribution is 2.29. The van der Waals surface area contributed by atoms with Crippen LogP contribution in [0.15, 0.2) is 35.1 Å². The minimum Gasteiger partial charge on any atom is -0.379 e. The van der Waals surface area contributed by atoms with Crippen molar-refractivity contribution in [3.63, 3.8) is 0 Å². The summed E-state index contributed by atoms with van der Waals surface area (Å²) in [5.74, 6) is -1.16. The minimum absolute atomic E-state index is 0.0457. The third kappa shape index (κ3) is 8.90. The molecule has 3 atom stereocenters. The molecule has 3 N–H and O–H groups in total. The molecule has 0 unspecified atom stereocenters. The maximum Gasteiger partial charge on any atom is 0.274 e. The number of ketones is 1.